The summed E-state index contributed by atoms with van der Waals surface area (Å²) in [5.74, 6) is 1.02. The highest BCUT2D eigenvalue weighted by Crippen LogP contribution is 2.31. The third kappa shape index (κ3) is 1.80. The topological polar surface area (TPSA) is 30.9 Å². The van der Waals surface area contributed by atoms with Crippen molar-refractivity contribution in [2.24, 2.45) is 0 Å². The Bertz CT molecular complexity index is 500. The second kappa shape index (κ2) is 4.42. The molecule has 1 aromatic heterocycles. The SMILES string of the molecule is CSCc1cn(C(C)C)c2cccc(N)c12. The third-order valence-electron chi connectivity index (χ3n) is 2.83. The second-order valence-corrected chi connectivity index (χ2v) is 5.20. The smallest absolute Gasteiger partial charge is 0.0506 e. The first-order valence-corrected chi connectivity index (χ1v) is 6.91. The second-order valence-electron chi connectivity index (χ2n) is 4.33. The fraction of sp³-hybridized carbons (Fsp3) is 0.385. The number of benzene rings is 1. The summed E-state index contributed by atoms with van der Waals surface area (Å²) in [5.41, 5.74) is 9.56. The molecule has 0 bridgehead atoms. The van der Waals surface area contributed by atoms with E-state index in [-0.39, 0.29) is 0 Å². The number of hydrogen-bond acceptors (Lipinski definition) is 2. The molecule has 1 heterocycles. The molecule has 0 unspecified atom stereocenters. The normalized spacial score (nSPS) is 11.5. The van der Waals surface area contributed by atoms with E-state index in [0.29, 0.717) is 6.04 Å². The summed E-state index contributed by atoms with van der Waals surface area (Å²) < 4.78 is 2.30. The van der Waals surface area contributed by atoms with Gasteiger partial charge >= 0.3 is 0 Å². The molecule has 0 spiro atoms. The van der Waals surface area contributed by atoms with E-state index in [0.717, 1.165) is 11.4 Å². The van der Waals surface area contributed by atoms with Gasteiger partial charge in [-0.2, -0.15) is 11.8 Å². The molecule has 0 saturated carbocycles. The van der Waals surface area contributed by atoms with Gasteiger partial charge < -0.3 is 10.3 Å². The van der Waals surface area contributed by atoms with E-state index >= 15 is 0 Å². The third-order valence-corrected chi connectivity index (χ3v) is 3.42. The molecule has 0 radical (unpaired) electrons. The van der Waals surface area contributed by atoms with Gasteiger partial charge in [0.2, 0.25) is 0 Å². The van der Waals surface area contributed by atoms with Crippen LogP contribution in [0.4, 0.5) is 5.69 Å². The van der Waals surface area contributed by atoms with Gasteiger partial charge in [-0.05, 0) is 37.8 Å². The largest absolute Gasteiger partial charge is 0.398 e. The van der Waals surface area contributed by atoms with Crippen LogP contribution in [-0.4, -0.2) is 10.8 Å². The van der Waals surface area contributed by atoms with Crippen LogP contribution in [0.1, 0.15) is 25.5 Å². The quantitative estimate of drug-likeness (QED) is 0.821. The van der Waals surface area contributed by atoms with Crippen molar-refractivity contribution in [2.45, 2.75) is 25.6 Å². The molecule has 0 saturated heterocycles. The van der Waals surface area contributed by atoms with Gasteiger partial charge in [0.15, 0.2) is 0 Å². The van der Waals surface area contributed by atoms with Crippen molar-refractivity contribution in [3.8, 4) is 0 Å². The average Bonchev–Trinajstić information content (AvgIpc) is 2.59. The Morgan fingerprint density at radius 3 is 2.75 bits per heavy atom. The monoisotopic (exact) mass is 234 g/mol. The number of anilines is 1. The van der Waals surface area contributed by atoms with Crippen LogP contribution >= 0.6 is 11.8 Å². The molecule has 0 aliphatic heterocycles. The number of nitrogens with zero attached hydrogens (tertiary/aromatic N) is 1. The molecule has 0 amide bonds. The van der Waals surface area contributed by atoms with Crippen molar-refractivity contribution in [1.82, 2.24) is 4.57 Å². The molecule has 0 aliphatic carbocycles. The first kappa shape index (κ1) is 11.4. The number of aromatic nitrogens is 1. The van der Waals surface area contributed by atoms with E-state index < -0.39 is 0 Å². The maximum absolute atomic E-state index is 6.08. The van der Waals surface area contributed by atoms with Crippen molar-refractivity contribution >= 4 is 28.4 Å². The van der Waals surface area contributed by atoms with Crippen LogP contribution in [0, 0.1) is 0 Å². The highest BCUT2D eigenvalue weighted by Gasteiger charge is 2.11. The van der Waals surface area contributed by atoms with Crippen molar-refractivity contribution < 1.29 is 0 Å². The van der Waals surface area contributed by atoms with Crippen molar-refractivity contribution in [3.63, 3.8) is 0 Å². The Hall–Kier alpha value is -1.09. The number of nitrogens with two attached hydrogens (primary N) is 1. The van der Waals surface area contributed by atoms with Gasteiger partial charge in [-0.1, -0.05) is 6.07 Å². The summed E-state index contributed by atoms with van der Waals surface area (Å²) in [6, 6.07) is 6.63. The predicted molar refractivity (Wildman–Crippen MR) is 74.0 cm³/mol. The van der Waals surface area contributed by atoms with E-state index in [9.17, 15) is 0 Å². The Morgan fingerprint density at radius 1 is 1.38 bits per heavy atom. The fourth-order valence-electron chi connectivity index (χ4n) is 2.12. The highest BCUT2D eigenvalue weighted by atomic mass is 32.2. The summed E-state index contributed by atoms with van der Waals surface area (Å²) in [4.78, 5) is 0. The number of thioether (sulfide) groups is 1. The molecule has 16 heavy (non-hydrogen) atoms. The summed E-state index contributed by atoms with van der Waals surface area (Å²) >= 11 is 1.83. The lowest BCUT2D eigenvalue weighted by molar-refractivity contribution is 0.622. The zero-order valence-corrected chi connectivity index (χ0v) is 10.8. The summed E-state index contributed by atoms with van der Waals surface area (Å²) in [7, 11) is 0. The Morgan fingerprint density at radius 2 is 2.12 bits per heavy atom. The van der Waals surface area contributed by atoms with E-state index in [1.165, 1.54) is 16.5 Å². The van der Waals surface area contributed by atoms with Crippen LogP contribution in [0.15, 0.2) is 24.4 Å². The molecule has 0 fully saturated rings. The number of fused-ring (bicyclic) bond motifs is 1. The lowest BCUT2D eigenvalue weighted by atomic mass is 10.1. The lowest BCUT2D eigenvalue weighted by Crippen LogP contribution is -1.98. The number of rotatable bonds is 3. The Kier molecular flexibility index (Phi) is 3.15. The van der Waals surface area contributed by atoms with E-state index in [4.69, 9.17) is 5.73 Å². The number of hydrogen-bond donors (Lipinski definition) is 1. The fourth-order valence-corrected chi connectivity index (χ4v) is 2.65. The number of nitrogen functional groups attached to an aromatic ring is 1. The molecule has 86 valence electrons. The Labute approximate surface area is 101 Å². The van der Waals surface area contributed by atoms with Crippen LogP contribution in [0.25, 0.3) is 10.9 Å². The predicted octanol–water partition coefficient (Wildman–Crippen LogP) is 3.67. The van der Waals surface area contributed by atoms with Crippen LogP contribution in [0.2, 0.25) is 0 Å². The minimum Gasteiger partial charge on any atom is -0.398 e. The van der Waals surface area contributed by atoms with Crippen LogP contribution < -0.4 is 5.73 Å². The van der Waals surface area contributed by atoms with Gasteiger partial charge in [0.25, 0.3) is 0 Å². The molecular weight excluding hydrogens is 216 g/mol. The van der Waals surface area contributed by atoms with Crippen molar-refractivity contribution in [2.75, 3.05) is 12.0 Å². The highest BCUT2D eigenvalue weighted by molar-refractivity contribution is 7.97. The van der Waals surface area contributed by atoms with Crippen LogP contribution in [0.3, 0.4) is 0 Å². The molecule has 0 atom stereocenters. The summed E-state index contributed by atoms with van der Waals surface area (Å²) in [5, 5.41) is 1.23. The Balaban J connectivity index is 2.71. The van der Waals surface area contributed by atoms with Gasteiger partial charge in [-0.25, -0.2) is 0 Å². The van der Waals surface area contributed by atoms with Crippen molar-refractivity contribution in [1.29, 1.82) is 0 Å². The zero-order chi connectivity index (χ0) is 11.7. The first-order chi connectivity index (χ1) is 7.65. The summed E-state index contributed by atoms with van der Waals surface area (Å²) in [6.45, 7) is 4.40. The molecule has 3 heteroatoms. The molecule has 2 aromatic rings. The molecule has 1 aromatic carbocycles. The van der Waals surface area contributed by atoms with Crippen LogP contribution in [-0.2, 0) is 5.75 Å². The van der Waals surface area contributed by atoms with Crippen molar-refractivity contribution in [3.05, 3.63) is 30.0 Å². The van der Waals surface area contributed by atoms with Gasteiger partial charge in [-0.3, -0.25) is 0 Å². The molecule has 2 N–H and O–H groups in total. The summed E-state index contributed by atoms with van der Waals surface area (Å²) in [6.07, 6.45) is 4.36. The average molecular weight is 234 g/mol. The minimum absolute atomic E-state index is 0.472. The lowest BCUT2D eigenvalue weighted by Gasteiger charge is -2.08. The molecule has 0 aliphatic rings. The van der Waals surface area contributed by atoms with Gasteiger partial charge in [0.1, 0.15) is 0 Å². The standard InChI is InChI=1S/C13H18N2S/c1-9(2)15-7-10(8-16-3)13-11(14)5-4-6-12(13)15/h4-7,9H,8,14H2,1-3H3. The maximum Gasteiger partial charge on any atom is 0.0506 e. The van der Waals surface area contributed by atoms with E-state index in [1.54, 1.807) is 0 Å². The van der Waals surface area contributed by atoms with E-state index in [2.05, 4.69) is 36.9 Å². The first-order valence-electron chi connectivity index (χ1n) is 5.52. The minimum atomic E-state index is 0.472. The van der Waals surface area contributed by atoms with Crippen LogP contribution in [0.5, 0.6) is 0 Å². The molecule has 2 nitrogen and oxygen atoms in total. The maximum atomic E-state index is 6.08. The molecular formula is C13H18N2S. The zero-order valence-electron chi connectivity index (χ0n) is 10.0. The molecule has 2 rings (SSSR count). The van der Waals surface area contributed by atoms with Gasteiger partial charge in [0, 0.05) is 29.1 Å². The van der Waals surface area contributed by atoms with Gasteiger partial charge in [-0.15, -0.1) is 0 Å². The van der Waals surface area contributed by atoms with Gasteiger partial charge in [0.05, 0.1) is 5.52 Å². The van der Waals surface area contributed by atoms with E-state index in [1.807, 2.05) is 23.9 Å².